The number of amides is 1. The third kappa shape index (κ3) is 2.44. The van der Waals surface area contributed by atoms with Gasteiger partial charge in [0.25, 0.3) is 0 Å². The lowest BCUT2D eigenvalue weighted by Crippen LogP contribution is -2.45. The molecular weight excluding hydrogens is 418 g/mol. The Morgan fingerprint density at radius 2 is 2.11 bits per heavy atom. The van der Waals surface area contributed by atoms with Gasteiger partial charge in [0.2, 0.25) is 5.91 Å². The molecule has 0 bridgehead atoms. The Hall–Kier alpha value is -2.58. The van der Waals surface area contributed by atoms with E-state index in [0.29, 0.717) is 34.5 Å². The molecule has 2 aliphatic heterocycles. The smallest absolute Gasteiger partial charge is 0.323 e. The van der Waals surface area contributed by atoms with Crippen molar-refractivity contribution in [3.05, 3.63) is 51.5 Å². The molecule has 0 radical (unpaired) electrons. The number of benzene rings is 2. The first kappa shape index (κ1) is 17.8. The van der Waals surface area contributed by atoms with Crippen molar-refractivity contribution in [2.24, 2.45) is 0 Å². The number of carboxylic acids is 1. The SMILES string of the molecule is O=C(O)CN1C(=O)C(CO)(c2cc3c(cc2O)OCC3)c2c(Br)cccc21. The predicted octanol–water partition coefficient (Wildman–Crippen LogP) is 1.80. The monoisotopic (exact) mass is 433 g/mol. The number of anilines is 1. The second-order valence-corrected chi connectivity index (χ2v) is 7.41. The largest absolute Gasteiger partial charge is 0.507 e. The predicted molar refractivity (Wildman–Crippen MR) is 99.3 cm³/mol. The molecule has 2 heterocycles. The summed E-state index contributed by atoms with van der Waals surface area (Å²) >= 11 is 3.43. The zero-order valence-corrected chi connectivity index (χ0v) is 15.7. The van der Waals surface area contributed by atoms with Crippen molar-refractivity contribution >= 4 is 33.5 Å². The van der Waals surface area contributed by atoms with Crippen LogP contribution in [0.1, 0.15) is 16.7 Å². The van der Waals surface area contributed by atoms with E-state index >= 15 is 0 Å². The summed E-state index contributed by atoms with van der Waals surface area (Å²) in [6, 6.07) is 8.15. The third-order valence-electron chi connectivity index (χ3n) is 5.12. The van der Waals surface area contributed by atoms with Crippen molar-refractivity contribution in [3.63, 3.8) is 0 Å². The molecule has 140 valence electrons. The van der Waals surface area contributed by atoms with E-state index < -0.39 is 30.4 Å². The number of carboxylic acid groups (broad SMARTS) is 1. The van der Waals surface area contributed by atoms with E-state index in [2.05, 4.69) is 15.9 Å². The first-order valence-corrected chi connectivity index (χ1v) is 9.12. The van der Waals surface area contributed by atoms with Crippen LogP contribution in [-0.4, -0.2) is 47.0 Å². The zero-order valence-electron chi connectivity index (χ0n) is 14.1. The highest BCUT2D eigenvalue weighted by Crippen LogP contribution is 2.52. The van der Waals surface area contributed by atoms with Gasteiger partial charge < -0.3 is 20.1 Å². The van der Waals surface area contributed by atoms with Crippen molar-refractivity contribution in [3.8, 4) is 11.5 Å². The fraction of sp³-hybridized carbons (Fsp3) is 0.263. The van der Waals surface area contributed by atoms with Crippen molar-refractivity contribution in [1.29, 1.82) is 0 Å². The molecule has 8 heteroatoms. The van der Waals surface area contributed by atoms with Crippen LogP contribution in [0.25, 0.3) is 0 Å². The molecule has 4 rings (SSSR count). The normalized spacial score (nSPS) is 20.4. The fourth-order valence-electron chi connectivity index (χ4n) is 3.94. The Bertz CT molecular complexity index is 975. The van der Waals surface area contributed by atoms with E-state index in [-0.39, 0.29) is 11.3 Å². The van der Waals surface area contributed by atoms with Crippen LogP contribution in [0.2, 0.25) is 0 Å². The topological polar surface area (TPSA) is 107 Å². The maximum absolute atomic E-state index is 13.4. The first-order valence-electron chi connectivity index (χ1n) is 8.33. The molecule has 27 heavy (non-hydrogen) atoms. The number of hydrogen-bond acceptors (Lipinski definition) is 5. The van der Waals surface area contributed by atoms with Crippen LogP contribution < -0.4 is 9.64 Å². The molecule has 0 fully saturated rings. The van der Waals surface area contributed by atoms with Crippen molar-refractivity contribution in [2.45, 2.75) is 11.8 Å². The summed E-state index contributed by atoms with van der Waals surface area (Å²) in [5.74, 6) is -1.40. The van der Waals surface area contributed by atoms with E-state index in [9.17, 15) is 24.9 Å². The molecule has 2 aliphatic rings. The van der Waals surface area contributed by atoms with Gasteiger partial charge in [0.05, 0.1) is 18.9 Å². The number of aliphatic hydroxyl groups is 1. The quantitative estimate of drug-likeness (QED) is 0.678. The number of carbonyl (C=O) groups is 2. The number of phenolic OH excluding ortho intramolecular Hbond substituents is 1. The number of hydrogen-bond donors (Lipinski definition) is 3. The van der Waals surface area contributed by atoms with E-state index in [0.717, 1.165) is 10.5 Å². The first-order chi connectivity index (χ1) is 12.9. The van der Waals surface area contributed by atoms with Gasteiger partial charge in [0.1, 0.15) is 23.5 Å². The van der Waals surface area contributed by atoms with Gasteiger partial charge in [0.15, 0.2) is 0 Å². The van der Waals surface area contributed by atoms with Gasteiger partial charge in [-0.25, -0.2) is 0 Å². The summed E-state index contributed by atoms with van der Waals surface area (Å²) in [5, 5.41) is 30.3. The average Bonchev–Trinajstić information content (AvgIpc) is 3.17. The Kier molecular flexibility index (Phi) is 4.12. The van der Waals surface area contributed by atoms with E-state index in [4.69, 9.17) is 4.74 Å². The number of nitrogens with zero attached hydrogens (tertiary/aromatic N) is 1. The van der Waals surface area contributed by atoms with Gasteiger partial charge >= 0.3 is 5.97 Å². The molecular formula is C19H16BrNO6. The molecule has 0 saturated carbocycles. The summed E-state index contributed by atoms with van der Waals surface area (Å²) < 4.78 is 6.00. The Morgan fingerprint density at radius 3 is 2.81 bits per heavy atom. The molecule has 2 aromatic rings. The minimum Gasteiger partial charge on any atom is -0.507 e. The third-order valence-corrected chi connectivity index (χ3v) is 5.78. The summed E-state index contributed by atoms with van der Waals surface area (Å²) in [5.41, 5.74) is 0.288. The highest BCUT2D eigenvalue weighted by atomic mass is 79.9. The van der Waals surface area contributed by atoms with Gasteiger partial charge in [0, 0.05) is 28.1 Å². The highest BCUT2D eigenvalue weighted by molar-refractivity contribution is 9.10. The lowest BCUT2D eigenvalue weighted by atomic mass is 9.75. The molecule has 1 atom stereocenters. The number of phenols is 1. The number of carbonyl (C=O) groups excluding carboxylic acids is 1. The second kappa shape index (κ2) is 6.24. The lowest BCUT2D eigenvalue weighted by Gasteiger charge is -2.28. The lowest BCUT2D eigenvalue weighted by molar-refractivity contribution is -0.137. The standard InChI is InChI=1S/C19H16BrNO6/c20-12-2-1-3-13-17(12)19(9-22,18(26)21(13)8-16(24)25)11-6-10-4-5-27-15(10)7-14(11)23/h1-3,6-7,22-23H,4-5,8-9H2,(H,24,25). The summed E-state index contributed by atoms with van der Waals surface area (Å²) in [6.45, 7) is -0.687. The van der Waals surface area contributed by atoms with Crippen molar-refractivity contribution in [1.82, 2.24) is 0 Å². The number of ether oxygens (including phenoxy) is 1. The average molecular weight is 434 g/mol. The molecule has 0 spiro atoms. The van der Waals surface area contributed by atoms with Crippen LogP contribution in [-0.2, 0) is 21.4 Å². The Balaban J connectivity index is 2.00. The maximum atomic E-state index is 13.4. The van der Waals surface area contributed by atoms with Gasteiger partial charge in [-0.05, 0) is 23.8 Å². The molecule has 0 saturated heterocycles. The van der Waals surface area contributed by atoms with Gasteiger partial charge in [-0.1, -0.05) is 22.0 Å². The summed E-state index contributed by atoms with van der Waals surface area (Å²) in [7, 11) is 0. The van der Waals surface area contributed by atoms with E-state index in [1.807, 2.05) is 0 Å². The summed E-state index contributed by atoms with van der Waals surface area (Å²) in [6.07, 6.45) is 0.625. The van der Waals surface area contributed by atoms with Crippen LogP contribution in [0.15, 0.2) is 34.8 Å². The van der Waals surface area contributed by atoms with Gasteiger partial charge in [-0.15, -0.1) is 0 Å². The molecule has 1 unspecified atom stereocenters. The second-order valence-electron chi connectivity index (χ2n) is 6.56. The van der Waals surface area contributed by atoms with Gasteiger partial charge in [-0.2, -0.15) is 0 Å². The minimum absolute atomic E-state index is 0.183. The fourth-order valence-corrected chi connectivity index (χ4v) is 4.63. The zero-order chi connectivity index (χ0) is 19.3. The number of fused-ring (bicyclic) bond motifs is 2. The van der Waals surface area contributed by atoms with Crippen molar-refractivity contribution in [2.75, 3.05) is 24.7 Å². The van der Waals surface area contributed by atoms with E-state index in [1.54, 1.807) is 24.3 Å². The number of aliphatic hydroxyl groups excluding tert-OH is 1. The highest BCUT2D eigenvalue weighted by Gasteiger charge is 2.54. The summed E-state index contributed by atoms with van der Waals surface area (Å²) in [4.78, 5) is 25.8. The maximum Gasteiger partial charge on any atom is 0.323 e. The molecule has 1 amide bonds. The van der Waals surface area contributed by atoms with E-state index in [1.165, 1.54) is 6.07 Å². The number of aliphatic carboxylic acids is 1. The Morgan fingerprint density at radius 1 is 1.33 bits per heavy atom. The molecule has 2 aromatic carbocycles. The molecule has 3 N–H and O–H groups in total. The van der Waals surface area contributed by atoms with Crippen LogP contribution in [0.4, 0.5) is 5.69 Å². The molecule has 0 aromatic heterocycles. The van der Waals surface area contributed by atoms with Crippen LogP contribution in [0.5, 0.6) is 11.5 Å². The number of aromatic hydroxyl groups is 1. The number of rotatable bonds is 4. The minimum atomic E-state index is -1.60. The van der Waals surface area contributed by atoms with Crippen LogP contribution in [0.3, 0.4) is 0 Å². The Labute approximate surface area is 162 Å². The van der Waals surface area contributed by atoms with Gasteiger partial charge in [-0.3, -0.25) is 14.5 Å². The van der Waals surface area contributed by atoms with Crippen LogP contribution in [0, 0.1) is 0 Å². The number of halogens is 1. The molecule has 0 aliphatic carbocycles. The van der Waals surface area contributed by atoms with Crippen molar-refractivity contribution < 1.29 is 29.6 Å². The molecule has 7 nitrogen and oxygen atoms in total. The van der Waals surface area contributed by atoms with Crippen LogP contribution >= 0.6 is 15.9 Å².